The molecule has 0 bridgehead atoms. The van der Waals surface area contributed by atoms with Crippen molar-refractivity contribution in [2.45, 2.75) is 0 Å². The van der Waals surface area contributed by atoms with Gasteiger partial charge in [-0.3, -0.25) is 0 Å². The first-order valence-electron chi connectivity index (χ1n) is 7.64. The van der Waals surface area contributed by atoms with Gasteiger partial charge in [0.05, 0.1) is 5.52 Å². The number of aromatic hydroxyl groups is 1. The first-order valence-corrected chi connectivity index (χ1v) is 7.64. The van der Waals surface area contributed by atoms with E-state index in [0.29, 0.717) is 11.6 Å². The molecule has 0 radical (unpaired) electrons. The fraction of sp³-hybridized carbons (Fsp3) is 0. The highest BCUT2D eigenvalue weighted by molar-refractivity contribution is 5.78. The van der Waals surface area contributed by atoms with Crippen molar-refractivity contribution in [2.75, 3.05) is 0 Å². The summed E-state index contributed by atoms with van der Waals surface area (Å²) >= 11 is 0. The fourth-order valence-corrected chi connectivity index (χ4v) is 2.14. The van der Waals surface area contributed by atoms with E-state index in [2.05, 4.69) is 4.98 Å². The molecule has 3 nitrogen and oxygen atoms in total. The number of pyridine rings is 1. The third-order valence-electron chi connectivity index (χ3n) is 3.29. The van der Waals surface area contributed by atoms with E-state index >= 15 is 0 Å². The fourth-order valence-electron chi connectivity index (χ4n) is 2.14. The van der Waals surface area contributed by atoms with Crippen molar-refractivity contribution in [1.29, 1.82) is 0 Å². The maximum absolute atomic E-state index is 8.63. The van der Waals surface area contributed by atoms with Gasteiger partial charge in [0, 0.05) is 11.5 Å². The standard InChI is InChI=1S/C15H11NO.C6H6O/c1-2-7-13(8-3-1)17-15-11-10-12-6-4-5-9-14(12)16-15;7-6-4-2-1-3-5-6/h1-11H;1-5,7H. The maximum atomic E-state index is 8.63. The van der Waals surface area contributed by atoms with Crippen LogP contribution in [0, 0.1) is 0 Å². The van der Waals surface area contributed by atoms with E-state index in [1.165, 1.54) is 0 Å². The Balaban J connectivity index is 0.000000203. The molecule has 0 amide bonds. The molecule has 0 saturated carbocycles. The van der Waals surface area contributed by atoms with Crippen LogP contribution in [0.15, 0.2) is 97.1 Å². The van der Waals surface area contributed by atoms with Crippen molar-refractivity contribution in [2.24, 2.45) is 0 Å². The van der Waals surface area contributed by atoms with Gasteiger partial charge < -0.3 is 9.84 Å². The first-order chi connectivity index (χ1) is 11.8. The maximum Gasteiger partial charge on any atom is 0.219 e. The van der Waals surface area contributed by atoms with Crippen molar-refractivity contribution in [1.82, 2.24) is 4.98 Å². The largest absolute Gasteiger partial charge is 0.508 e. The number of rotatable bonds is 2. The third-order valence-corrected chi connectivity index (χ3v) is 3.29. The molecule has 0 fully saturated rings. The average Bonchev–Trinajstić information content (AvgIpc) is 2.64. The second-order valence-corrected chi connectivity index (χ2v) is 5.09. The Morgan fingerprint density at radius 1 is 0.625 bits per heavy atom. The number of benzene rings is 3. The van der Waals surface area contributed by atoms with Crippen LogP contribution in [0.2, 0.25) is 0 Å². The van der Waals surface area contributed by atoms with Crippen molar-refractivity contribution >= 4 is 10.9 Å². The van der Waals surface area contributed by atoms with Gasteiger partial charge in [-0.05, 0) is 36.4 Å². The van der Waals surface area contributed by atoms with E-state index in [1.807, 2.05) is 72.8 Å². The summed E-state index contributed by atoms with van der Waals surface area (Å²) in [6.45, 7) is 0. The van der Waals surface area contributed by atoms with Crippen LogP contribution in [0.3, 0.4) is 0 Å². The van der Waals surface area contributed by atoms with Gasteiger partial charge in [-0.2, -0.15) is 0 Å². The van der Waals surface area contributed by atoms with E-state index in [-0.39, 0.29) is 0 Å². The molecule has 1 heterocycles. The summed E-state index contributed by atoms with van der Waals surface area (Å²) in [5.41, 5.74) is 0.945. The molecule has 24 heavy (non-hydrogen) atoms. The van der Waals surface area contributed by atoms with Crippen LogP contribution in [0.5, 0.6) is 17.4 Å². The van der Waals surface area contributed by atoms with Crippen molar-refractivity contribution in [3.63, 3.8) is 0 Å². The third kappa shape index (κ3) is 4.34. The molecule has 0 aliphatic carbocycles. The summed E-state index contributed by atoms with van der Waals surface area (Å²) in [5.74, 6) is 1.74. The second kappa shape index (κ2) is 7.79. The van der Waals surface area contributed by atoms with Crippen LogP contribution < -0.4 is 4.74 Å². The van der Waals surface area contributed by atoms with Gasteiger partial charge in [-0.15, -0.1) is 0 Å². The molecule has 4 rings (SSSR count). The summed E-state index contributed by atoms with van der Waals surface area (Å²) in [7, 11) is 0. The summed E-state index contributed by atoms with van der Waals surface area (Å²) in [4.78, 5) is 4.45. The number of para-hydroxylation sites is 3. The molecule has 0 spiro atoms. The van der Waals surface area contributed by atoms with Crippen molar-refractivity contribution < 1.29 is 9.84 Å². The number of aromatic nitrogens is 1. The van der Waals surface area contributed by atoms with Crippen LogP contribution in [-0.4, -0.2) is 10.1 Å². The predicted molar refractivity (Wildman–Crippen MR) is 96.4 cm³/mol. The van der Waals surface area contributed by atoms with Crippen molar-refractivity contribution in [3.05, 3.63) is 97.1 Å². The topological polar surface area (TPSA) is 42.4 Å². The van der Waals surface area contributed by atoms with Gasteiger partial charge in [0.2, 0.25) is 5.88 Å². The monoisotopic (exact) mass is 315 g/mol. The number of hydrogen-bond donors (Lipinski definition) is 1. The zero-order chi connectivity index (χ0) is 16.6. The second-order valence-electron chi connectivity index (χ2n) is 5.09. The van der Waals surface area contributed by atoms with Gasteiger partial charge in [-0.25, -0.2) is 4.98 Å². The molecule has 3 heteroatoms. The van der Waals surface area contributed by atoms with Crippen LogP contribution in [-0.2, 0) is 0 Å². The average molecular weight is 315 g/mol. The molecule has 1 aromatic heterocycles. The minimum absolute atomic E-state index is 0.322. The summed E-state index contributed by atoms with van der Waals surface area (Å²) in [6.07, 6.45) is 0. The first kappa shape index (κ1) is 15.6. The number of ether oxygens (including phenoxy) is 1. The number of phenols is 1. The molecule has 3 aromatic carbocycles. The lowest BCUT2D eigenvalue weighted by Crippen LogP contribution is -1.87. The van der Waals surface area contributed by atoms with E-state index in [0.717, 1.165) is 16.7 Å². The van der Waals surface area contributed by atoms with E-state index in [9.17, 15) is 0 Å². The molecule has 118 valence electrons. The van der Waals surface area contributed by atoms with E-state index < -0.39 is 0 Å². The van der Waals surface area contributed by atoms with E-state index in [1.54, 1.807) is 24.3 Å². The Labute approximate surface area is 140 Å². The van der Waals surface area contributed by atoms with Gasteiger partial charge in [0.25, 0.3) is 0 Å². The predicted octanol–water partition coefficient (Wildman–Crippen LogP) is 5.42. The molecule has 4 aromatic rings. The summed E-state index contributed by atoms with van der Waals surface area (Å²) in [5, 5.41) is 9.75. The van der Waals surface area contributed by atoms with Crippen LogP contribution in [0.1, 0.15) is 0 Å². The molecular formula is C21H17NO2. The molecule has 1 N–H and O–H groups in total. The number of hydrogen-bond acceptors (Lipinski definition) is 3. The Morgan fingerprint density at radius 3 is 1.92 bits per heavy atom. The lowest BCUT2D eigenvalue weighted by atomic mass is 10.2. The Kier molecular flexibility index (Phi) is 5.05. The molecule has 0 aliphatic rings. The molecular weight excluding hydrogens is 298 g/mol. The van der Waals surface area contributed by atoms with Crippen LogP contribution >= 0.6 is 0 Å². The zero-order valence-electron chi connectivity index (χ0n) is 13.0. The lowest BCUT2D eigenvalue weighted by Gasteiger charge is -2.05. The lowest BCUT2D eigenvalue weighted by molar-refractivity contribution is 0.465. The highest BCUT2D eigenvalue weighted by Crippen LogP contribution is 2.21. The number of fused-ring (bicyclic) bond motifs is 1. The van der Waals surface area contributed by atoms with Crippen molar-refractivity contribution in [3.8, 4) is 17.4 Å². The Hall–Kier alpha value is -3.33. The quantitative estimate of drug-likeness (QED) is 0.537. The van der Waals surface area contributed by atoms with Crippen LogP contribution in [0.25, 0.3) is 10.9 Å². The Morgan fingerprint density at radius 2 is 1.25 bits per heavy atom. The molecule has 0 aliphatic heterocycles. The van der Waals surface area contributed by atoms with Gasteiger partial charge >= 0.3 is 0 Å². The van der Waals surface area contributed by atoms with Crippen LogP contribution in [0.4, 0.5) is 0 Å². The molecule has 0 saturated heterocycles. The minimum atomic E-state index is 0.322. The highest BCUT2D eigenvalue weighted by atomic mass is 16.5. The normalized spacial score (nSPS) is 9.83. The minimum Gasteiger partial charge on any atom is -0.508 e. The number of nitrogens with zero attached hydrogens (tertiary/aromatic N) is 1. The van der Waals surface area contributed by atoms with Gasteiger partial charge in [-0.1, -0.05) is 54.6 Å². The summed E-state index contributed by atoms with van der Waals surface area (Å²) in [6, 6.07) is 30.3. The van der Waals surface area contributed by atoms with Gasteiger partial charge in [0.1, 0.15) is 11.5 Å². The Bertz CT molecular complexity index is 893. The molecule has 0 atom stereocenters. The zero-order valence-corrected chi connectivity index (χ0v) is 13.0. The van der Waals surface area contributed by atoms with Gasteiger partial charge in [0.15, 0.2) is 0 Å². The van der Waals surface area contributed by atoms with E-state index in [4.69, 9.17) is 9.84 Å². The SMILES string of the molecule is Oc1ccccc1.c1ccc(Oc2ccc3ccccc3n2)cc1. The number of phenolic OH excluding ortho intramolecular Hbond substituents is 1. The summed E-state index contributed by atoms with van der Waals surface area (Å²) < 4.78 is 5.68. The smallest absolute Gasteiger partial charge is 0.219 e. The molecule has 0 unspecified atom stereocenters. The highest BCUT2D eigenvalue weighted by Gasteiger charge is 1.99.